The molecule has 0 amide bonds. The minimum absolute atomic E-state index is 0.294. The molecule has 1 rings (SSSR count). The van der Waals surface area contributed by atoms with Gasteiger partial charge in [-0.2, -0.15) is 0 Å². The van der Waals surface area contributed by atoms with Crippen LogP contribution >= 0.6 is 46.4 Å². The van der Waals surface area contributed by atoms with Gasteiger partial charge in [-0.05, 0) is 17.7 Å². The minimum Gasteiger partial charge on any atom is -0.507 e. The first kappa shape index (κ1) is 13.7. The van der Waals surface area contributed by atoms with E-state index in [2.05, 4.69) is 0 Å². The molecule has 0 fully saturated rings. The fourth-order valence-corrected chi connectivity index (χ4v) is 1.59. The highest BCUT2D eigenvalue weighted by Gasteiger charge is 2.32. The van der Waals surface area contributed by atoms with Crippen molar-refractivity contribution in [1.29, 1.82) is 0 Å². The van der Waals surface area contributed by atoms with Crippen molar-refractivity contribution in [3.8, 4) is 5.75 Å². The molecule has 0 spiro atoms. The number of halogens is 4. The maximum Gasteiger partial charge on any atom is 0.339 e. The van der Waals surface area contributed by atoms with Gasteiger partial charge in [0.05, 0.1) is 0 Å². The molecule has 0 bridgehead atoms. The van der Waals surface area contributed by atoms with Crippen molar-refractivity contribution >= 4 is 52.4 Å². The van der Waals surface area contributed by atoms with Gasteiger partial charge in [0, 0.05) is 0 Å². The highest BCUT2D eigenvalue weighted by molar-refractivity contribution is 6.70. The van der Waals surface area contributed by atoms with Gasteiger partial charge in [-0.3, -0.25) is 0 Å². The van der Waals surface area contributed by atoms with Gasteiger partial charge in [-0.25, -0.2) is 4.79 Å². The van der Waals surface area contributed by atoms with E-state index in [9.17, 15) is 9.90 Å². The minimum atomic E-state index is -1.76. The Kier molecular flexibility index (Phi) is 4.18. The smallest absolute Gasteiger partial charge is 0.339 e. The quantitative estimate of drug-likeness (QED) is 0.818. The second-order valence-electron chi connectivity index (χ2n) is 2.99. The molecule has 0 saturated carbocycles. The molecule has 1 aromatic rings. The van der Waals surface area contributed by atoms with E-state index >= 15 is 0 Å². The number of phenols is 1. The number of hydrogen-bond acceptors (Lipinski definition) is 2. The Labute approximate surface area is 111 Å². The fraction of sp³-hybridized carbons (Fsp3) is 0.222. The molecule has 0 radical (unpaired) electrons. The number of carbonyl (C=O) groups is 1. The second kappa shape index (κ2) is 4.88. The van der Waals surface area contributed by atoms with E-state index in [4.69, 9.17) is 51.5 Å². The third-order valence-corrected chi connectivity index (χ3v) is 3.40. The van der Waals surface area contributed by atoms with Gasteiger partial charge in [0.25, 0.3) is 0 Å². The molecule has 0 aromatic heterocycles. The normalized spacial score (nSPS) is 13.5. The van der Waals surface area contributed by atoms with Gasteiger partial charge in [-0.15, -0.1) is 11.6 Å². The van der Waals surface area contributed by atoms with E-state index in [0.717, 1.165) is 6.07 Å². The molecule has 0 aliphatic carbocycles. The monoisotopic (exact) mass is 302 g/mol. The molecule has 1 atom stereocenters. The third kappa shape index (κ3) is 3.08. The van der Waals surface area contributed by atoms with Crippen LogP contribution in [0, 0.1) is 0 Å². The number of rotatable bonds is 2. The van der Waals surface area contributed by atoms with Crippen LogP contribution in [0.15, 0.2) is 18.2 Å². The molecule has 0 aliphatic heterocycles. The average Bonchev–Trinajstić information content (AvgIpc) is 2.15. The van der Waals surface area contributed by atoms with Crippen molar-refractivity contribution in [3.63, 3.8) is 0 Å². The Morgan fingerprint density at radius 2 is 1.88 bits per heavy atom. The maximum absolute atomic E-state index is 10.7. The summed E-state index contributed by atoms with van der Waals surface area (Å²) in [6.07, 6.45) is 0. The van der Waals surface area contributed by atoms with Crippen LogP contribution < -0.4 is 0 Å². The molecule has 7 heteroatoms. The summed E-state index contributed by atoms with van der Waals surface area (Å²) in [7, 11) is 0. The number of hydrogen-bond donors (Lipinski definition) is 2. The molecule has 3 nitrogen and oxygen atoms in total. The first-order valence-electron chi connectivity index (χ1n) is 4.00. The largest absolute Gasteiger partial charge is 0.507 e. The van der Waals surface area contributed by atoms with Crippen LogP contribution in [0.3, 0.4) is 0 Å². The molecule has 0 aliphatic rings. The van der Waals surface area contributed by atoms with Crippen molar-refractivity contribution in [2.24, 2.45) is 0 Å². The van der Waals surface area contributed by atoms with Crippen molar-refractivity contribution in [3.05, 3.63) is 29.3 Å². The molecule has 16 heavy (non-hydrogen) atoms. The molecule has 0 saturated heterocycles. The summed E-state index contributed by atoms with van der Waals surface area (Å²) >= 11 is 22.6. The van der Waals surface area contributed by atoms with Gasteiger partial charge in [0.15, 0.2) is 0 Å². The third-order valence-electron chi connectivity index (χ3n) is 1.83. The summed E-state index contributed by atoms with van der Waals surface area (Å²) in [6, 6.07) is 3.74. The van der Waals surface area contributed by atoms with Gasteiger partial charge >= 0.3 is 5.97 Å². The van der Waals surface area contributed by atoms with Gasteiger partial charge in [0.2, 0.25) is 3.79 Å². The van der Waals surface area contributed by atoms with Crippen LogP contribution in [-0.4, -0.2) is 20.0 Å². The topological polar surface area (TPSA) is 57.5 Å². The van der Waals surface area contributed by atoms with E-state index in [0.29, 0.717) is 5.56 Å². The molecule has 0 unspecified atom stereocenters. The van der Waals surface area contributed by atoms with Crippen LogP contribution in [0.1, 0.15) is 21.3 Å². The maximum atomic E-state index is 10.7. The zero-order valence-corrected chi connectivity index (χ0v) is 10.6. The van der Waals surface area contributed by atoms with Crippen LogP contribution in [-0.2, 0) is 0 Å². The molecule has 1 aromatic carbocycles. The molecule has 2 N–H and O–H groups in total. The first-order chi connectivity index (χ1) is 7.23. The van der Waals surface area contributed by atoms with Crippen LogP contribution in [0.5, 0.6) is 5.75 Å². The molecule has 0 heterocycles. The van der Waals surface area contributed by atoms with Crippen molar-refractivity contribution < 1.29 is 15.0 Å². The van der Waals surface area contributed by atoms with Crippen molar-refractivity contribution in [1.82, 2.24) is 0 Å². The Morgan fingerprint density at radius 3 is 2.31 bits per heavy atom. The lowest BCUT2D eigenvalue weighted by atomic mass is 10.1. The summed E-state index contributed by atoms with van der Waals surface area (Å²) in [4.78, 5) is 10.7. The van der Waals surface area contributed by atoms with Gasteiger partial charge in [0.1, 0.15) is 16.7 Å². The van der Waals surface area contributed by atoms with Crippen molar-refractivity contribution in [2.75, 3.05) is 0 Å². The standard InChI is InChI=1S/C9H6Cl4O3/c10-7(9(11,12)13)4-1-2-6(14)5(3-4)8(15)16/h1-3,7,14H,(H,15,16)/t7-/m0/s1. The Bertz CT molecular complexity index is 414. The highest BCUT2D eigenvalue weighted by atomic mass is 35.6. The summed E-state index contributed by atoms with van der Waals surface area (Å²) in [5, 5.41) is 17.0. The predicted octanol–water partition coefficient (Wildman–Crippen LogP) is 3.74. The van der Waals surface area contributed by atoms with Crippen LogP contribution in [0.2, 0.25) is 0 Å². The average molecular weight is 304 g/mol. The van der Waals surface area contributed by atoms with Crippen molar-refractivity contribution in [2.45, 2.75) is 9.17 Å². The van der Waals surface area contributed by atoms with Gasteiger partial charge in [-0.1, -0.05) is 40.9 Å². The number of benzene rings is 1. The van der Waals surface area contributed by atoms with E-state index in [-0.39, 0.29) is 11.3 Å². The van der Waals surface area contributed by atoms with E-state index in [1.54, 1.807) is 0 Å². The number of carboxylic acids is 1. The summed E-state index contributed by atoms with van der Waals surface area (Å²) in [5.74, 6) is -1.66. The first-order valence-corrected chi connectivity index (χ1v) is 5.57. The van der Waals surface area contributed by atoms with E-state index < -0.39 is 15.1 Å². The number of carboxylic acid groups (broad SMARTS) is 1. The SMILES string of the molecule is O=C(O)c1cc([C@H](Cl)C(Cl)(Cl)Cl)ccc1O. The number of alkyl halides is 4. The lowest BCUT2D eigenvalue weighted by Crippen LogP contribution is -2.12. The zero-order chi connectivity index (χ0) is 12.5. The highest BCUT2D eigenvalue weighted by Crippen LogP contribution is 2.44. The second-order valence-corrected chi connectivity index (χ2v) is 5.79. The van der Waals surface area contributed by atoms with Gasteiger partial charge < -0.3 is 10.2 Å². The summed E-state index contributed by atoms with van der Waals surface area (Å²) in [5.41, 5.74) is 0.00858. The summed E-state index contributed by atoms with van der Waals surface area (Å²) < 4.78 is -1.76. The fourth-order valence-electron chi connectivity index (χ4n) is 1.07. The zero-order valence-electron chi connectivity index (χ0n) is 7.62. The molecular formula is C9H6Cl4O3. The summed E-state index contributed by atoms with van der Waals surface area (Å²) in [6.45, 7) is 0. The van der Waals surface area contributed by atoms with Crippen LogP contribution in [0.4, 0.5) is 0 Å². The lowest BCUT2D eigenvalue weighted by molar-refractivity contribution is 0.0693. The Morgan fingerprint density at radius 1 is 1.31 bits per heavy atom. The molecular weight excluding hydrogens is 298 g/mol. The number of aromatic hydroxyl groups is 1. The van der Waals surface area contributed by atoms with Crippen LogP contribution in [0.25, 0.3) is 0 Å². The predicted molar refractivity (Wildman–Crippen MR) is 64.0 cm³/mol. The Hall–Kier alpha value is -0.350. The Balaban J connectivity index is 3.18. The van der Waals surface area contributed by atoms with E-state index in [1.807, 2.05) is 0 Å². The van der Waals surface area contributed by atoms with E-state index in [1.165, 1.54) is 12.1 Å². The molecule has 88 valence electrons. The lowest BCUT2D eigenvalue weighted by Gasteiger charge is -2.18. The number of aromatic carboxylic acids is 1.